The van der Waals surface area contributed by atoms with Crippen molar-refractivity contribution >= 4 is 39.0 Å². The molecule has 0 saturated heterocycles. The highest BCUT2D eigenvalue weighted by Gasteiger charge is 2.44. The molecule has 2 N–H and O–H groups in total. The minimum absolute atomic E-state index is 0.0410. The molecule has 50 heavy (non-hydrogen) atoms. The van der Waals surface area contributed by atoms with Crippen molar-refractivity contribution in [2.75, 3.05) is 31.2 Å². The average Bonchev–Trinajstić information content (AvgIpc) is 3.32. The summed E-state index contributed by atoms with van der Waals surface area (Å²) in [6.07, 6.45) is 8.98. The SMILES string of the molecule is Cc1nn(C)cc1C(=O)NS1(=O)=NC(=O)C(C)(C)OC/C=C\[C@H](O)[C@@H]2CC[C@H]2CN2C[C@@]3(CCCc4cc(Cl)ccc43)COc3ccc1cc32. The fourth-order valence-electron chi connectivity index (χ4n) is 7.84. The number of hydrogen-bond acceptors (Lipinski definition) is 8. The maximum Gasteiger partial charge on any atom is 0.287 e. The summed E-state index contributed by atoms with van der Waals surface area (Å²) in [7, 11) is -2.22. The van der Waals surface area contributed by atoms with Gasteiger partial charge in [-0.2, -0.15) is 5.10 Å². The van der Waals surface area contributed by atoms with Gasteiger partial charge in [-0.15, -0.1) is 4.36 Å². The van der Waals surface area contributed by atoms with E-state index in [-0.39, 0.29) is 34.3 Å². The van der Waals surface area contributed by atoms with Crippen LogP contribution in [0.5, 0.6) is 5.75 Å². The van der Waals surface area contributed by atoms with E-state index in [1.54, 1.807) is 58.2 Å². The van der Waals surface area contributed by atoms with Crippen LogP contribution in [0.15, 0.2) is 64.0 Å². The van der Waals surface area contributed by atoms with Crippen molar-refractivity contribution in [1.29, 1.82) is 0 Å². The molecule has 2 bridgehead atoms. The van der Waals surface area contributed by atoms with Gasteiger partial charge in [0, 0.05) is 36.8 Å². The summed E-state index contributed by atoms with van der Waals surface area (Å²) >= 11 is 6.44. The molecule has 3 heterocycles. The van der Waals surface area contributed by atoms with E-state index in [0.29, 0.717) is 41.8 Å². The Morgan fingerprint density at radius 3 is 2.74 bits per heavy atom. The molecule has 1 saturated carbocycles. The van der Waals surface area contributed by atoms with Crippen LogP contribution in [0.4, 0.5) is 5.69 Å². The summed E-state index contributed by atoms with van der Waals surface area (Å²) in [5, 5.41) is 16.2. The molecule has 1 aromatic heterocycles. The van der Waals surface area contributed by atoms with Crippen LogP contribution in [-0.4, -0.2) is 68.9 Å². The highest BCUT2D eigenvalue weighted by Crippen LogP contribution is 2.47. The minimum atomic E-state index is -3.91. The largest absolute Gasteiger partial charge is 0.490 e. The minimum Gasteiger partial charge on any atom is -0.490 e. The number of nitrogens with zero attached hydrogens (tertiary/aromatic N) is 4. The number of aliphatic hydroxyl groups excluding tert-OH is 1. The van der Waals surface area contributed by atoms with Crippen molar-refractivity contribution in [2.45, 2.75) is 74.9 Å². The molecule has 2 amide bonds. The number of anilines is 1. The van der Waals surface area contributed by atoms with Crippen LogP contribution >= 0.6 is 11.6 Å². The molecule has 2 aliphatic carbocycles. The number of amides is 2. The summed E-state index contributed by atoms with van der Waals surface area (Å²) < 4.78 is 35.9. The Kier molecular flexibility index (Phi) is 9.11. The molecule has 1 fully saturated rings. The molecule has 2 aliphatic heterocycles. The van der Waals surface area contributed by atoms with E-state index in [1.807, 2.05) is 6.07 Å². The van der Waals surface area contributed by atoms with Crippen molar-refractivity contribution in [1.82, 2.24) is 14.5 Å². The van der Waals surface area contributed by atoms with E-state index < -0.39 is 33.4 Å². The monoisotopic (exact) mass is 721 g/mol. The van der Waals surface area contributed by atoms with E-state index in [1.165, 1.54) is 22.0 Å². The lowest BCUT2D eigenvalue weighted by molar-refractivity contribution is -0.137. The summed E-state index contributed by atoms with van der Waals surface area (Å²) in [6, 6.07) is 11.2. The number of ether oxygens (including phenoxy) is 2. The smallest absolute Gasteiger partial charge is 0.287 e. The Bertz CT molecular complexity index is 2000. The fourth-order valence-corrected chi connectivity index (χ4v) is 9.64. The number of carbonyl (C=O) groups is 2. The van der Waals surface area contributed by atoms with Gasteiger partial charge in [-0.1, -0.05) is 29.8 Å². The molecule has 7 rings (SSSR count). The normalized spacial score (nSPS) is 29.8. The second kappa shape index (κ2) is 13.1. The van der Waals surface area contributed by atoms with E-state index in [0.717, 1.165) is 32.1 Å². The molecule has 2 aromatic carbocycles. The zero-order valence-corrected chi connectivity index (χ0v) is 30.4. The van der Waals surface area contributed by atoms with E-state index in [4.69, 9.17) is 21.1 Å². The number of nitrogens with one attached hydrogen (secondary N) is 1. The van der Waals surface area contributed by atoms with Gasteiger partial charge < -0.3 is 19.5 Å². The highest BCUT2D eigenvalue weighted by molar-refractivity contribution is 7.92. The van der Waals surface area contributed by atoms with Gasteiger partial charge in [0.15, 0.2) is 9.92 Å². The van der Waals surface area contributed by atoms with Crippen molar-refractivity contribution in [2.24, 2.45) is 23.2 Å². The third kappa shape index (κ3) is 6.47. The lowest BCUT2D eigenvalue weighted by atomic mass is 9.68. The Labute approximate surface area is 298 Å². The van der Waals surface area contributed by atoms with Crippen molar-refractivity contribution in [3.8, 4) is 5.75 Å². The van der Waals surface area contributed by atoms with Crippen molar-refractivity contribution in [3.05, 3.63) is 82.2 Å². The van der Waals surface area contributed by atoms with Crippen LogP contribution in [-0.2, 0) is 38.3 Å². The number of benzene rings is 2. The zero-order chi connectivity index (χ0) is 35.4. The first-order valence-corrected chi connectivity index (χ1v) is 19.1. The number of rotatable bonds is 2. The Morgan fingerprint density at radius 2 is 2.00 bits per heavy atom. The number of aryl methyl sites for hydroxylation is 3. The fraction of sp³-hybridized carbons (Fsp3) is 0.486. The van der Waals surface area contributed by atoms with Crippen molar-refractivity contribution in [3.63, 3.8) is 0 Å². The Morgan fingerprint density at radius 1 is 1.18 bits per heavy atom. The quantitative estimate of drug-likeness (QED) is 0.341. The van der Waals surface area contributed by atoms with Gasteiger partial charge in [-0.05, 0) is 106 Å². The predicted molar refractivity (Wildman–Crippen MR) is 191 cm³/mol. The molecule has 0 radical (unpaired) electrons. The van der Waals surface area contributed by atoms with Crippen LogP contribution in [0, 0.1) is 18.8 Å². The number of aliphatic hydroxyl groups is 1. The molecule has 11 nitrogen and oxygen atoms in total. The number of carbonyl (C=O) groups excluding carboxylic acids is 2. The van der Waals surface area contributed by atoms with Crippen LogP contribution in [0.3, 0.4) is 0 Å². The van der Waals surface area contributed by atoms with Gasteiger partial charge in [0.05, 0.1) is 41.2 Å². The third-order valence-corrected chi connectivity index (χ3v) is 12.8. The first kappa shape index (κ1) is 34.7. The van der Waals surface area contributed by atoms with Crippen LogP contribution in [0.1, 0.15) is 66.7 Å². The molecule has 1 spiro atoms. The Balaban J connectivity index is 1.37. The number of aromatic nitrogens is 2. The molecule has 4 aliphatic rings. The highest BCUT2D eigenvalue weighted by atomic mass is 35.5. The summed E-state index contributed by atoms with van der Waals surface area (Å²) in [5.41, 5.74) is 1.97. The van der Waals surface area contributed by atoms with Crippen LogP contribution < -0.4 is 14.4 Å². The maximum atomic E-state index is 15.1. The van der Waals surface area contributed by atoms with Gasteiger partial charge >= 0.3 is 0 Å². The molecule has 266 valence electrons. The van der Waals surface area contributed by atoms with E-state index >= 15 is 4.21 Å². The van der Waals surface area contributed by atoms with Crippen LogP contribution in [0.25, 0.3) is 0 Å². The third-order valence-electron chi connectivity index (χ3n) is 10.8. The van der Waals surface area contributed by atoms with Gasteiger partial charge in [0.2, 0.25) is 0 Å². The molecule has 13 heteroatoms. The molecule has 5 atom stereocenters. The number of fused-ring (bicyclic) bond motifs is 4. The summed E-state index contributed by atoms with van der Waals surface area (Å²) in [4.78, 5) is 29.9. The lowest BCUT2D eigenvalue weighted by Crippen LogP contribution is -2.49. The topological polar surface area (TPSA) is 135 Å². The second-order valence-corrected chi connectivity index (χ2v) is 17.0. The lowest BCUT2D eigenvalue weighted by Gasteiger charge is -2.45. The molecular weight excluding hydrogens is 678 g/mol. The molecule has 3 aromatic rings. The van der Waals surface area contributed by atoms with E-state index in [9.17, 15) is 14.7 Å². The average molecular weight is 722 g/mol. The summed E-state index contributed by atoms with van der Waals surface area (Å²) in [5.74, 6) is -0.637. The number of halogens is 1. The van der Waals surface area contributed by atoms with Gasteiger partial charge in [0.25, 0.3) is 11.8 Å². The van der Waals surface area contributed by atoms with Gasteiger partial charge in [-0.3, -0.25) is 19.0 Å². The number of hydrogen-bond donors (Lipinski definition) is 2. The first-order chi connectivity index (χ1) is 23.8. The van der Waals surface area contributed by atoms with Crippen LogP contribution in [0.2, 0.25) is 5.02 Å². The van der Waals surface area contributed by atoms with Gasteiger partial charge in [-0.25, -0.2) is 4.21 Å². The predicted octanol–water partition coefficient (Wildman–Crippen LogP) is 5.31. The Hall–Kier alpha value is -3.71. The molecular formula is C37H44ClN5O6S. The molecule has 1 unspecified atom stereocenters. The van der Waals surface area contributed by atoms with E-state index in [2.05, 4.69) is 31.2 Å². The standard InChI is InChI=1S/C37H44ClN5O6S/c1-23-29(20-42(4)39-23)34(45)40-50(47)27-11-14-33-31(18-27)43(21-37(22-48-33)15-5-7-24-17-26(38)10-13-30(24)37)19-25-9-12-28(25)32(44)8-6-16-49-36(2,3)35(46)41-50/h6,8,10-11,13-14,17-18,20,25,28,32,44H,5,7,9,12,15-16,19,21-22H2,1-4H3,(H,40,41,45,46,47)/b8-6-/t25-,28+,32-,37-,50?/m0/s1. The zero-order valence-electron chi connectivity index (χ0n) is 28.9. The second-order valence-electron chi connectivity index (χ2n) is 14.6. The maximum absolute atomic E-state index is 15.1. The summed E-state index contributed by atoms with van der Waals surface area (Å²) in [6.45, 7) is 6.49. The van der Waals surface area contributed by atoms with Gasteiger partial charge in [0.1, 0.15) is 11.4 Å². The van der Waals surface area contributed by atoms with Crippen molar-refractivity contribution < 1.29 is 28.4 Å². The first-order valence-electron chi connectivity index (χ1n) is 17.2.